The molecule has 0 fully saturated rings. The Kier molecular flexibility index (Phi) is 8.39. The van der Waals surface area contributed by atoms with Crippen LogP contribution in [0.25, 0.3) is 0 Å². The van der Waals surface area contributed by atoms with Crippen molar-refractivity contribution < 1.29 is 4.79 Å². The van der Waals surface area contributed by atoms with Crippen molar-refractivity contribution in [2.75, 3.05) is 11.4 Å². The number of nitrogens with one attached hydrogen (secondary N) is 1. The fraction of sp³-hybridized carbons (Fsp3) is 0.320. The van der Waals surface area contributed by atoms with Gasteiger partial charge in [-0.15, -0.1) is 0 Å². The molecule has 0 aliphatic heterocycles. The summed E-state index contributed by atoms with van der Waals surface area (Å²) in [7, 11) is 0. The molecular formula is C25H30N4O. The monoisotopic (exact) mass is 402 g/mol. The molecule has 156 valence electrons. The van der Waals surface area contributed by atoms with Gasteiger partial charge in [-0.1, -0.05) is 75.4 Å². The molecule has 1 aromatic heterocycles. The average Bonchev–Trinajstić information content (AvgIpc) is 2.80. The van der Waals surface area contributed by atoms with Gasteiger partial charge < -0.3 is 5.32 Å². The van der Waals surface area contributed by atoms with Crippen molar-refractivity contribution in [2.24, 2.45) is 0 Å². The van der Waals surface area contributed by atoms with Crippen LogP contribution in [0.4, 0.5) is 17.3 Å². The van der Waals surface area contributed by atoms with Gasteiger partial charge in [0.05, 0.1) is 5.56 Å². The van der Waals surface area contributed by atoms with Gasteiger partial charge in [-0.2, -0.15) is 0 Å². The van der Waals surface area contributed by atoms with Gasteiger partial charge in [0, 0.05) is 30.3 Å². The zero-order valence-electron chi connectivity index (χ0n) is 17.6. The van der Waals surface area contributed by atoms with Gasteiger partial charge in [0.2, 0.25) is 5.95 Å². The van der Waals surface area contributed by atoms with Gasteiger partial charge in [-0.25, -0.2) is 9.97 Å². The number of nitrogens with zero attached hydrogens (tertiary/aromatic N) is 3. The van der Waals surface area contributed by atoms with Gasteiger partial charge >= 0.3 is 0 Å². The third kappa shape index (κ3) is 6.14. The van der Waals surface area contributed by atoms with Crippen LogP contribution in [0.2, 0.25) is 0 Å². The third-order valence-electron chi connectivity index (χ3n) is 4.95. The maximum Gasteiger partial charge on any atom is 0.254 e. The number of carbonyl (C=O) groups is 1. The van der Waals surface area contributed by atoms with E-state index in [2.05, 4.69) is 22.2 Å². The number of benzene rings is 2. The van der Waals surface area contributed by atoms with Crippen LogP contribution in [-0.4, -0.2) is 22.4 Å². The molecule has 1 amide bonds. The van der Waals surface area contributed by atoms with Gasteiger partial charge in [-0.3, -0.25) is 9.69 Å². The van der Waals surface area contributed by atoms with E-state index in [0.717, 1.165) is 24.2 Å². The first kappa shape index (κ1) is 21.5. The van der Waals surface area contributed by atoms with Crippen LogP contribution in [0, 0.1) is 0 Å². The lowest BCUT2D eigenvalue weighted by atomic mass is 10.1. The van der Waals surface area contributed by atoms with E-state index in [0.29, 0.717) is 18.1 Å². The molecule has 3 rings (SSSR count). The Balaban J connectivity index is 1.63. The predicted molar refractivity (Wildman–Crippen MR) is 122 cm³/mol. The second-order valence-corrected chi connectivity index (χ2v) is 7.30. The zero-order valence-corrected chi connectivity index (χ0v) is 17.6. The molecule has 0 bridgehead atoms. The van der Waals surface area contributed by atoms with Crippen LogP contribution in [0.1, 0.15) is 55.8 Å². The Hall–Kier alpha value is -3.21. The lowest BCUT2D eigenvalue weighted by molar-refractivity contribution is 0.0952. The first-order chi connectivity index (χ1) is 14.8. The largest absolute Gasteiger partial charge is 0.352 e. The number of hydrogen-bond acceptors (Lipinski definition) is 4. The van der Waals surface area contributed by atoms with Crippen molar-refractivity contribution >= 4 is 23.2 Å². The second kappa shape index (κ2) is 11.7. The quantitative estimate of drug-likeness (QED) is 0.397. The number of amides is 1. The van der Waals surface area contributed by atoms with Crippen molar-refractivity contribution in [1.29, 1.82) is 0 Å². The minimum atomic E-state index is -0.124. The molecule has 30 heavy (non-hydrogen) atoms. The number of carbonyl (C=O) groups excluding carboxylic acids is 1. The Morgan fingerprint density at radius 2 is 1.33 bits per heavy atom. The van der Waals surface area contributed by atoms with Crippen molar-refractivity contribution in [3.05, 3.63) is 78.6 Å². The normalized spacial score (nSPS) is 10.6. The number of rotatable bonds is 11. The summed E-state index contributed by atoms with van der Waals surface area (Å²) in [5.74, 6) is 0.404. The molecule has 1 N–H and O–H groups in total. The summed E-state index contributed by atoms with van der Waals surface area (Å²) in [6.45, 7) is 2.90. The SMILES string of the molecule is CCCCCCCCNC(=O)c1cnc(N(c2ccccc2)c2ccccc2)nc1. The highest BCUT2D eigenvalue weighted by Gasteiger charge is 2.15. The molecule has 0 saturated carbocycles. The third-order valence-corrected chi connectivity index (χ3v) is 4.95. The highest BCUT2D eigenvalue weighted by molar-refractivity contribution is 5.93. The Morgan fingerprint density at radius 3 is 1.90 bits per heavy atom. The fourth-order valence-electron chi connectivity index (χ4n) is 3.30. The second-order valence-electron chi connectivity index (χ2n) is 7.30. The van der Waals surface area contributed by atoms with Crippen molar-refractivity contribution in [1.82, 2.24) is 15.3 Å². The standard InChI is InChI=1S/C25H30N4O/c1-2-3-4-5-6-13-18-26-24(30)21-19-27-25(28-20-21)29(22-14-9-7-10-15-22)23-16-11-8-12-17-23/h7-12,14-17,19-20H,2-6,13,18H2,1H3,(H,26,30). The summed E-state index contributed by atoms with van der Waals surface area (Å²) >= 11 is 0. The molecule has 0 unspecified atom stereocenters. The highest BCUT2D eigenvalue weighted by Crippen LogP contribution is 2.31. The van der Waals surface area contributed by atoms with Crippen molar-refractivity contribution in [3.8, 4) is 0 Å². The van der Waals surface area contributed by atoms with Crippen LogP contribution >= 0.6 is 0 Å². The van der Waals surface area contributed by atoms with Gasteiger partial charge in [0.1, 0.15) is 0 Å². The van der Waals surface area contributed by atoms with E-state index >= 15 is 0 Å². The molecule has 0 aliphatic rings. The summed E-state index contributed by atoms with van der Waals surface area (Å²) in [5, 5.41) is 2.97. The molecule has 2 aromatic carbocycles. The van der Waals surface area contributed by atoms with Crippen LogP contribution in [0.3, 0.4) is 0 Å². The van der Waals surface area contributed by atoms with E-state index in [1.807, 2.05) is 65.6 Å². The number of hydrogen-bond donors (Lipinski definition) is 1. The summed E-state index contributed by atoms with van der Waals surface area (Å²) in [5.41, 5.74) is 2.40. The first-order valence-corrected chi connectivity index (χ1v) is 10.8. The molecule has 0 spiro atoms. The zero-order chi connectivity index (χ0) is 21.0. The first-order valence-electron chi connectivity index (χ1n) is 10.8. The highest BCUT2D eigenvalue weighted by atomic mass is 16.1. The van der Waals surface area contributed by atoms with Gasteiger partial charge in [0.15, 0.2) is 0 Å². The molecule has 0 aliphatic carbocycles. The van der Waals surface area contributed by atoms with E-state index in [-0.39, 0.29) is 5.91 Å². The number of para-hydroxylation sites is 2. The lowest BCUT2D eigenvalue weighted by Crippen LogP contribution is -2.25. The molecule has 5 heteroatoms. The number of aromatic nitrogens is 2. The van der Waals surface area contributed by atoms with Crippen LogP contribution in [0.15, 0.2) is 73.1 Å². The number of unbranched alkanes of at least 4 members (excludes halogenated alkanes) is 5. The lowest BCUT2D eigenvalue weighted by Gasteiger charge is -2.22. The maximum absolute atomic E-state index is 12.4. The van der Waals surface area contributed by atoms with Gasteiger partial charge in [0.25, 0.3) is 5.91 Å². The topological polar surface area (TPSA) is 58.1 Å². The summed E-state index contributed by atoms with van der Waals surface area (Å²) in [4.78, 5) is 23.3. The molecule has 1 heterocycles. The van der Waals surface area contributed by atoms with Crippen molar-refractivity contribution in [2.45, 2.75) is 45.4 Å². The molecular weight excluding hydrogens is 372 g/mol. The fourth-order valence-corrected chi connectivity index (χ4v) is 3.30. The van der Waals surface area contributed by atoms with Crippen molar-refractivity contribution in [3.63, 3.8) is 0 Å². The Morgan fingerprint density at radius 1 is 0.800 bits per heavy atom. The van der Waals surface area contributed by atoms with E-state index in [4.69, 9.17) is 0 Å². The Labute approximate surface area is 179 Å². The molecule has 0 atom stereocenters. The summed E-state index contributed by atoms with van der Waals surface area (Å²) in [6, 6.07) is 19.9. The number of anilines is 3. The van der Waals surface area contributed by atoms with Crippen LogP contribution < -0.4 is 10.2 Å². The minimum Gasteiger partial charge on any atom is -0.352 e. The van der Waals surface area contributed by atoms with Crippen LogP contribution in [0.5, 0.6) is 0 Å². The summed E-state index contributed by atoms with van der Waals surface area (Å²) < 4.78 is 0. The van der Waals surface area contributed by atoms with Gasteiger partial charge in [-0.05, 0) is 30.7 Å². The van der Waals surface area contributed by atoms with Crippen LogP contribution in [-0.2, 0) is 0 Å². The molecule has 0 radical (unpaired) electrons. The van der Waals surface area contributed by atoms with E-state index in [1.54, 1.807) is 12.4 Å². The summed E-state index contributed by atoms with van der Waals surface area (Å²) in [6.07, 6.45) is 10.4. The average molecular weight is 403 g/mol. The van der Waals surface area contributed by atoms with E-state index < -0.39 is 0 Å². The maximum atomic E-state index is 12.4. The molecule has 5 nitrogen and oxygen atoms in total. The van der Waals surface area contributed by atoms with E-state index in [1.165, 1.54) is 25.7 Å². The molecule has 3 aromatic rings. The Bertz CT molecular complexity index is 843. The van der Waals surface area contributed by atoms with E-state index in [9.17, 15) is 4.79 Å². The smallest absolute Gasteiger partial charge is 0.254 e. The minimum absolute atomic E-state index is 0.124. The molecule has 0 saturated heterocycles. The predicted octanol–water partition coefficient (Wildman–Crippen LogP) is 6.04.